The van der Waals surface area contributed by atoms with Crippen LogP contribution in [0, 0.1) is 0 Å². The summed E-state index contributed by atoms with van der Waals surface area (Å²) in [4.78, 5) is 11.7. The Labute approximate surface area is 138 Å². The summed E-state index contributed by atoms with van der Waals surface area (Å²) in [7, 11) is 2.93. The number of hydrazine groups is 1. The molecule has 1 amide bonds. The summed E-state index contributed by atoms with van der Waals surface area (Å²) < 4.78 is 10.1. The lowest BCUT2D eigenvalue weighted by atomic mass is 10.3. The fraction of sp³-hybridized carbons (Fsp3) is 0.273. The molecule has 21 heavy (non-hydrogen) atoms. The van der Waals surface area contributed by atoms with Crippen LogP contribution in [0.25, 0.3) is 0 Å². The molecule has 0 aromatic heterocycles. The molecule has 0 aliphatic rings. The highest BCUT2D eigenvalue weighted by atomic mass is 32.9. The number of nitrogens with one attached hydrogen (secondary N) is 3. The van der Waals surface area contributed by atoms with Gasteiger partial charge in [0, 0.05) is 19.9 Å². The van der Waals surface area contributed by atoms with Crippen LogP contribution in [0.2, 0.25) is 0 Å². The zero-order chi connectivity index (χ0) is 15.7. The fourth-order valence-electron chi connectivity index (χ4n) is 1.16. The first-order valence-corrected chi connectivity index (χ1v) is 10.4. The predicted molar refractivity (Wildman–Crippen MR) is 94.7 cm³/mol. The number of rotatable bonds is 6. The molecule has 3 N–H and O–H groups in total. The van der Waals surface area contributed by atoms with Gasteiger partial charge in [0.25, 0.3) is 0 Å². The maximum atomic E-state index is 11.7. The molecule has 0 heterocycles. The van der Waals surface area contributed by atoms with E-state index >= 15 is 0 Å². The van der Waals surface area contributed by atoms with E-state index in [2.05, 4.69) is 16.2 Å². The molecule has 0 aliphatic heterocycles. The lowest BCUT2D eigenvalue weighted by Crippen LogP contribution is -2.44. The van der Waals surface area contributed by atoms with Gasteiger partial charge in [0.05, 0.1) is 5.75 Å². The van der Waals surface area contributed by atoms with Crippen LogP contribution >= 0.6 is 29.3 Å². The van der Waals surface area contributed by atoms with Crippen LogP contribution in [0.15, 0.2) is 30.3 Å². The second-order valence-corrected chi connectivity index (χ2v) is 10.5. The van der Waals surface area contributed by atoms with E-state index in [1.165, 1.54) is 14.2 Å². The van der Waals surface area contributed by atoms with Crippen molar-refractivity contribution in [1.82, 2.24) is 10.9 Å². The minimum Gasteiger partial charge on any atom is -0.331 e. The molecule has 0 bridgehead atoms. The van der Waals surface area contributed by atoms with Crippen molar-refractivity contribution in [3.63, 3.8) is 0 Å². The summed E-state index contributed by atoms with van der Waals surface area (Å²) in [6.45, 7) is 0. The quantitative estimate of drug-likeness (QED) is 0.403. The summed E-state index contributed by atoms with van der Waals surface area (Å²) >= 11 is 11.3. The molecular weight excluding hydrogens is 349 g/mol. The van der Waals surface area contributed by atoms with Gasteiger partial charge in [-0.15, -0.1) is 0 Å². The molecular formula is C11H16N3O3PS3. The van der Waals surface area contributed by atoms with Crippen LogP contribution in [0.1, 0.15) is 0 Å². The summed E-state index contributed by atoms with van der Waals surface area (Å²) in [6, 6.07) is 9.37. The molecule has 0 atom stereocenters. The van der Waals surface area contributed by atoms with Crippen LogP contribution < -0.4 is 16.2 Å². The van der Waals surface area contributed by atoms with Crippen LogP contribution in [0.5, 0.6) is 0 Å². The van der Waals surface area contributed by atoms with Gasteiger partial charge < -0.3 is 14.4 Å². The average molecular weight is 365 g/mol. The smallest absolute Gasteiger partial charge is 0.248 e. The minimum atomic E-state index is -2.42. The molecule has 10 heteroatoms. The van der Waals surface area contributed by atoms with Gasteiger partial charge in [-0.3, -0.25) is 15.6 Å². The van der Waals surface area contributed by atoms with Gasteiger partial charge in [-0.05, 0) is 36.2 Å². The standard InChI is InChI=1S/C11H16N3O3PS3/c1-16-18(20,17-2)21-8-10(15)13-14-11(19)12-9-6-4-3-5-7-9/h3-7H,8H2,1-2H3,(H,13,15)(H2,12,14,19). The van der Waals surface area contributed by atoms with Gasteiger partial charge in [0.2, 0.25) is 11.6 Å². The number of thiocarbonyl (C=S) groups is 1. The van der Waals surface area contributed by atoms with E-state index in [1.807, 2.05) is 30.3 Å². The molecule has 1 aromatic carbocycles. The lowest BCUT2D eigenvalue weighted by molar-refractivity contribution is -0.119. The Balaban J connectivity index is 2.30. The van der Waals surface area contributed by atoms with Crippen molar-refractivity contribution in [3.05, 3.63) is 30.3 Å². The summed E-state index contributed by atoms with van der Waals surface area (Å²) in [5.41, 5.74) is 3.48. The molecule has 6 nitrogen and oxygen atoms in total. The number of anilines is 1. The average Bonchev–Trinajstić information content (AvgIpc) is 2.51. The summed E-state index contributed by atoms with van der Waals surface area (Å²) in [6.07, 6.45) is 0. The first-order chi connectivity index (χ1) is 9.99. The number of para-hydroxylation sites is 1. The van der Waals surface area contributed by atoms with Crippen LogP contribution in [0.3, 0.4) is 0 Å². The molecule has 0 unspecified atom stereocenters. The van der Waals surface area contributed by atoms with Gasteiger partial charge in [0.15, 0.2) is 5.11 Å². The molecule has 0 radical (unpaired) electrons. The highest BCUT2D eigenvalue weighted by Gasteiger charge is 2.18. The van der Waals surface area contributed by atoms with Crippen molar-refractivity contribution in [1.29, 1.82) is 0 Å². The second-order valence-electron chi connectivity index (χ2n) is 3.58. The normalized spacial score (nSPS) is 10.8. The van der Waals surface area contributed by atoms with Gasteiger partial charge in [0.1, 0.15) is 0 Å². The Morgan fingerprint density at radius 3 is 2.43 bits per heavy atom. The van der Waals surface area contributed by atoms with Gasteiger partial charge in [-0.2, -0.15) is 0 Å². The molecule has 0 saturated carbocycles. The Hall–Kier alpha value is -0.700. The number of carbonyl (C=O) groups excluding carboxylic acids is 1. The molecule has 0 spiro atoms. The first-order valence-electron chi connectivity index (χ1n) is 5.76. The molecule has 1 aromatic rings. The van der Waals surface area contributed by atoms with E-state index in [-0.39, 0.29) is 16.8 Å². The summed E-state index contributed by atoms with van der Waals surface area (Å²) in [5.74, 6) is -0.166. The molecule has 116 valence electrons. The van der Waals surface area contributed by atoms with Crippen molar-refractivity contribution in [3.8, 4) is 0 Å². The van der Waals surface area contributed by atoms with Crippen LogP contribution in [0.4, 0.5) is 5.69 Å². The van der Waals surface area contributed by atoms with E-state index < -0.39 is 5.69 Å². The zero-order valence-electron chi connectivity index (χ0n) is 11.5. The molecule has 1 rings (SSSR count). The van der Waals surface area contributed by atoms with E-state index in [0.717, 1.165) is 17.1 Å². The number of benzene rings is 1. The Morgan fingerprint density at radius 2 is 1.86 bits per heavy atom. The third-order valence-electron chi connectivity index (χ3n) is 2.15. The molecule has 0 fully saturated rings. The predicted octanol–water partition coefficient (Wildman–Crippen LogP) is 2.25. The monoisotopic (exact) mass is 365 g/mol. The van der Waals surface area contributed by atoms with Gasteiger partial charge in [-0.25, -0.2) is 0 Å². The highest BCUT2D eigenvalue weighted by molar-refractivity contribution is 8.68. The first kappa shape index (κ1) is 18.3. The third kappa shape index (κ3) is 7.21. The van der Waals surface area contributed by atoms with Gasteiger partial charge in [-0.1, -0.05) is 29.6 Å². The number of hydrogen-bond donors (Lipinski definition) is 3. The molecule has 0 aliphatic carbocycles. The number of hydrogen-bond acceptors (Lipinski definition) is 6. The zero-order valence-corrected chi connectivity index (χ0v) is 14.8. The van der Waals surface area contributed by atoms with Crippen molar-refractivity contribution in [2.75, 3.05) is 25.3 Å². The van der Waals surface area contributed by atoms with Crippen molar-refractivity contribution < 1.29 is 13.8 Å². The maximum Gasteiger partial charge on any atom is 0.248 e. The van der Waals surface area contributed by atoms with Crippen LogP contribution in [-0.2, 0) is 25.6 Å². The Morgan fingerprint density at radius 1 is 1.24 bits per heavy atom. The molecule has 0 saturated heterocycles. The van der Waals surface area contributed by atoms with E-state index in [9.17, 15) is 4.79 Å². The number of amides is 1. The maximum absolute atomic E-state index is 11.7. The second kappa shape index (κ2) is 9.34. The van der Waals surface area contributed by atoms with Crippen molar-refractivity contribution >= 4 is 57.8 Å². The SMILES string of the molecule is COP(=S)(OC)SCC(=O)NNC(=S)Nc1ccccc1. The third-order valence-corrected chi connectivity index (χ3v) is 8.03. The lowest BCUT2D eigenvalue weighted by Gasteiger charge is -2.16. The largest absolute Gasteiger partial charge is 0.331 e. The van der Waals surface area contributed by atoms with E-state index in [4.69, 9.17) is 33.1 Å². The number of carbonyl (C=O) groups is 1. The highest BCUT2D eigenvalue weighted by Crippen LogP contribution is 2.59. The van der Waals surface area contributed by atoms with E-state index in [0.29, 0.717) is 0 Å². The topological polar surface area (TPSA) is 71.6 Å². The van der Waals surface area contributed by atoms with E-state index in [1.54, 1.807) is 0 Å². The Bertz CT molecular complexity index is 522. The minimum absolute atomic E-state index is 0.111. The van der Waals surface area contributed by atoms with Crippen molar-refractivity contribution in [2.45, 2.75) is 0 Å². The summed E-state index contributed by atoms with van der Waals surface area (Å²) in [5, 5.41) is 3.22. The fourth-order valence-corrected chi connectivity index (χ4v) is 3.97. The van der Waals surface area contributed by atoms with Crippen LogP contribution in [-0.4, -0.2) is 31.0 Å². The van der Waals surface area contributed by atoms with Gasteiger partial charge >= 0.3 is 0 Å². The van der Waals surface area contributed by atoms with Crippen molar-refractivity contribution in [2.24, 2.45) is 0 Å². The Kier molecular flexibility index (Phi) is 8.16.